The molecule has 100 valence electrons. The molecule has 1 saturated heterocycles. The Morgan fingerprint density at radius 2 is 2.33 bits per heavy atom. The van der Waals surface area contributed by atoms with Crippen LogP contribution in [0.1, 0.15) is 6.92 Å². The Labute approximate surface area is 115 Å². The van der Waals surface area contributed by atoms with Gasteiger partial charge in [-0.15, -0.1) is 0 Å². The monoisotopic (exact) mass is 316 g/mol. The van der Waals surface area contributed by atoms with E-state index in [4.69, 9.17) is 4.74 Å². The second-order valence-electron chi connectivity index (χ2n) is 4.61. The zero-order valence-electron chi connectivity index (χ0n) is 10.5. The van der Waals surface area contributed by atoms with Crippen molar-refractivity contribution < 1.29 is 9.13 Å². The van der Waals surface area contributed by atoms with E-state index in [0.29, 0.717) is 22.9 Å². The average molecular weight is 317 g/mol. The van der Waals surface area contributed by atoms with E-state index in [-0.39, 0.29) is 5.82 Å². The van der Waals surface area contributed by atoms with Crippen LogP contribution in [0.2, 0.25) is 0 Å². The summed E-state index contributed by atoms with van der Waals surface area (Å²) in [5, 5.41) is 3.40. The lowest BCUT2D eigenvalue weighted by Crippen LogP contribution is -2.50. The first kappa shape index (κ1) is 13.8. The van der Waals surface area contributed by atoms with Crippen molar-refractivity contribution in [3.8, 4) is 5.75 Å². The highest BCUT2D eigenvalue weighted by molar-refractivity contribution is 9.10. The van der Waals surface area contributed by atoms with Gasteiger partial charge >= 0.3 is 0 Å². The quantitative estimate of drug-likeness (QED) is 0.922. The summed E-state index contributed by atoms with van der Waals surface area (Å²) >= 11 is 3.25. The molecule has 3 nitrogen and oxygen atoms in total. The zero-order valence-corrected chi connectivity index (χ0v) is 12.0. The standard InChI is InChI=1S/C13H18BrFN2O/c1-10-9-17(3-2-16-10)4-5-18-13-7-11(14)6-12(15)8-13/h6-8,10,16H,2-5,9H2,1H3. The largest absolute Gasteiger partial charge is 0.492 e. The van der Waals surface area contributed by atoms with E-state index in [0.717, 1.165) is 26.2 Å². The molecule has 1 aliphatic heterocycles. The Balaban J connectivity index is 1.77. The first-order valence-electron chi connectivity index (χ1n) is 6.18. The van der Waals surface area contributed by atoms with Crippen LogP contribution in [0.15, 0.2) is 22.7 Å². The van der Waals surface area contributed by atoms with Crippen molar-refractivity contribution in [3.63, 3.8) is 0 Å². The normalized spacial score (nSPS) is 20.9. The van der Waals surface area contributed by atoms with E-state index in [1.54, 1.807) is 6.07 Å². The van der Waals surface area contributed by atoms with E-state index >= 15 is 0 Å². The molecule has 0 aromatic heterocycles. The molecule has 1 N–H and O–H groups in total. The topological polar surface area (TPSA) is 24.5 Å². The number of nitrogens with zero attached hydrogens (tertiary/aromatic N) is 1. The van der Waals surface area contributed by atoms with Gasteiger partial charge in [-0.05, 0) is 19.1 Å². The molecule has 0 radical (unpaired) electrons. The van der Waals surface area contributed by atoms with Crippen molar-refractivity contribution in [2.75, 3.05) is 32.8 Å². The van der Waals surface area contributed by atoms with Crippen molar-refractivity contribution in [2.24, 2.45) is 0 Å². The van der Waals surface area contributed by atoms with Crippen molar-refractivity contribution in [3.05, 3.63) is 28.5 Å². The Morgan fingerprint density at radius 1 is 1.50 bits per heavy atom. The number of nitrogens with one attached hydrogen (secondary N) is 1. The van der Waals surface area contributed by atoms with Crippen molar-refractivity contribution in [2.45, 2.75) is 13.0 Å². The highest BCUT2D eigenvalue weighted by Gasteiger charge is 2.14. The first-order chi connectivity index (χ1) is 8.63. The molecule has 0 aliphatic carbocycles. The lowest BCUT2D eigenvalue weighted by Gasteiger charge is -2.31. The SMILES string of the molecule is CC1CN(CCOc2cc(F)cc(Br)c2)CCN1. The first-order valence-corrected chi connectivity index (χ1v) is 6.97. The molecule has 1 aromatic carbocycles. The van der Waals surface area contributed by atoms with Crippen LogP contribution in [0.25, 0.3) is 0 Å². The second kappa shape index (κ2) is 6.50. The number of piperazine rings is 1. The molecule has 2 rings (SSSR count). The summed E-state index contributed by atoms with van der Waals surface area (Å²) in [5.74, 6) is 0.292. The number of rotatable bonds is 4. The Kier molecular flexibility index (Phi) is 4.97. The number of hydrogen-bond donors (Lipinski definition) is 1. The number of ether oxygens (including phenoxy) is 1. The molecular formula is C13H18BrFN2O. The molecule has 0 bridgehead atoms. The lowest BCUT2D eigenvalue weighted by molar-refractivity contribution is 0.170. The fraction of sp³-hybridized carbons (Fsp3) is 0.538. The van der Waals surface area contributed by atoms with Gasteiger partial charge in [0, 0.05) is 42.8 Å². The van der Waals surface area contributed by atoms with Gasteiger partial charge in [0.1, 0.15) is 18.2 Å². The maximum atomic E-state index is 13.1. The molecule has 0 amide bonds. The third kappa shape index (κ3) is 4.23. The van der Waals surface area contributed by atoms with Crippen molar-refractivity contribution in [1.29, 1.82) is 0 Å². The van der Waals surface area contributed by atoms with E-state index in [9.17, 15) is 4.39 Å². The minimum absolute atomic E-state index is 0.282. The minimum Gasteiger partial charge on any atom is -0.492 e. The summed E-state index contributed by atoms with van der Waals surface area (Å²) in [4.78, 5) is 2.36. The van der Waals surface area contributed by atoms with Crippen LogP contribution < -0.4 is 10.1 Å². The maximum Gasteiger partial charge on any atom is 0.128 e. The predicted molar refractivity (Wildman–Crippen MR) is 73.5 cm³/mol. The van der Waals surface area contributed by atoms with Gasteiger partial charge in [0.05, 0.1) is 0 Å². The van der Waals surface area contributed by atoms with E-state index in [1.165, 1.54) is 12.1 Å². The number of halogens is 2. The van der Waals surface area contributed by atoms with Gasteiger partial charge in [-0.25, -0.2) is 4.39 Å². The fourth-order valence-corrected chi connectivity index (χ4v) is 2.56. The summed E-state index contributed by atoms with van der Waals surface area (Å²) in [5.41, 5.74) is 0. The third-order valence-electron chi connectivity index (χ3n) is 2.97. The van der Waals surface area contributed by atoms with E-state index in [2.05, 4.69) is 33.1 Å². The molecule has 1 aliphatic rings. The maximum absolute atomic E-state index is 13.1. The lowest BCUT2D eigenvalue weighted by atomic mass is 10.2. The molecular weight excluding hydrogens is 299 g/mol. The predicted octanol–water partition coefficient (Wildman–Crippen LogP) is 2.26. The van der Waals surface area contributed by atoms with Crippen molar-refractivity contribution >= 4 is 15.9 Å². The Morgan fingerprint density at radius 3 is 3.06 bits per heavy atom. The van der Waals surface area contributed by atoms with Gasteiger partial charge in [0.15, 0.2) is 0 Å². The molecule has 18 heavy (non-hydrogen) atoms. The molecule has 1 atom stereocenters. The molecule has 1 fully saturated rings. The van der Waals surface area contributed by atoms with Crippen LogP contribution in [0.5, 0.6) is 5.75 Å². The van der Waals surface area contributed by atoms with Crippen LogP contribution in [-0.2, 0) is 0 Å². The average Bonchev–Trinajstić information content (AvgIpc) is 2.27. The Hall–Kier alpha value is -0.650. The van der Waals surface area contributed by atoms with Gasteiger partial charge in [-0.3, -0.25) is 4.90 Å². The summed E-state index contributed by atoms with van der Waals surface area (Å²) < 4.78 is 19.4. The summed E-state index contributed by atoms with van der Waals surface area (Å²) in [6.45, 7) is 6.74. The van der Waals surface area contributed by atoms with Gasteiger partial charge in [0.2, 0.25) is 0 Å². The van der Waals surface area contributed by atoms with Crippen LogP contribution in [0, 0.1) is 5.82 Å². The number of hydrogen-bond acceptors (Lipinski definition) is 3. The number of benzene rings is 1. The smallest absolute Gasteiger partial charge is 0.128 e. The van der Waals surface area contributed by atoms with Gasteiger partial charge in [-0.1, -0.05) is 15.9 Å². The van der Waals surface area contributed by atoms with Gasteiger partial charge in [-0.2, -0.15) is 0 Å². The van der Waals surface area contributed by atoms with Crippen molar-refractivity contribution in [1.82, 2.24) is 10.2 Å². The molecule has 5 heteroatoms. The van der Waals surface area contributed by atoms with Crippen LogP contribution in [0.3, 0.4) is 0 Å². The van der Waals surface area contributed by atoms with Crippen LogP contribution in [-0.4, -0.2) is 43.7 Å². The highest BCUT2D eigenvalue weighted by Crippen LogP contribution is 2.20. The second-order valence-corrected chi connectivity index (χ2v) is 5.53. The molecule has 1 aromatic rings. The summed E-state index contributed by atoms with van der Waals surface area (Å²) in [7, 11) is 0. The molecule has 0 saturated carbocycles. The minimum atomic E-state index is -0.282. The zero-order chi connectivity index (χ0) is 13.0. The molecule has 0 spiro atoms. The van der Waals surface area contributed by atoms with E-state index in [1.807, 2.05) is 0 Å². The summed E-state index contributed by atoms with van der Waals surface area (Å²) in [6, 6.07) is 5.14. The fourth-order valence-electron chi connectivity index (χ4n) is 2.12. The Bertz CT molecular complexity index is 382. The highest BCUT2D eigenvalue weighted by atomic mass is 79.9. The molecule has 1 unspecified atom stereocenters. The van der Waals surface area contributed by atoms with E-state index < -0.39 is 0 Å². The van der Waals surface area contributed by atoms with Gasteiger partial charge < -0.3 is 10.1 Å². The summed E-state index contributed by atoms with van der Waals surface area (Å²) in [6.07, 6.45) is 0. The van der Waals surface area contributed by atoms with Gasteiger partial charge in [0.25, 0.3) is 0 Å². The molecule has 1 heterocycles. The van der Waals surface area contributed by atoms with Crippen LogP contribution in [0.4, 0.5) is 4.39 Å². The van der Waals surface area contributed by atoms with Crippen LogP contribution >= 0.6 is 15.9 Å². The third-order valence-corrected chi connectivity index (χ3v) is 3.42.